The number of benzene rings is 3. The van der Waals surface area contributed by atoms with Gasteiger partial charge in [-0.25, -0.2) is 8.42 Å². The first-order chi connectivity index (χ1) is 16.8. The van der Waals surface area contributed by atoms with E-state index in [0.717, 1.165) is 9.87 Å². The minimum Gasteiger partial charge on any atom is -0.497 e. The molecule has 0 aliphatic rings. The zero-order chi connectivity index (χ0) is 25.4. The summed E-state index contributed by atoms with van der Waals surface area (Å²) in [6.07, 6.45) is 0. The minimum absolute atomic E-state index is 0.0459. The lowest BCUT2D eigenvalue weighted by Gasteiger charge is -2.31. The molecule has 3 aromatic carbocycles. The second kappa shape index (κ2) is 11.5. The number of anilines is 1. The maximum Gasteiger partial charge on any atom is 0.264 e. The molecule has 1 N–H and O–H groups in total. The Balaban J connectivity index is 2.03. The van der Waals surface area contributed by atoms with Crippen LogP contribution in [0.3, 0.4) is 0 Å². The number of ether oxygens (including phenoxy) is 1. The number of nitrogens with zero attached hydrogens (tertiary/aromatic N) is 2. The lowest BCUT2D eigenvalue weighted by molar-refractivity contribution is -0.139. The van der Waals surface area contributed by atoms with E-state index in [4.69, 9.17) is 4.74 Å². The van der Waals surface area contributed by atoms with Crippen molar-refractivity contribution in [3.8, 4) is 5.75 Å². The first-order valence-corrected chi connectivity index (χ1v) is 12.5. The monoisotopic (exact) mass is 495 g/mol. The molecule has 0 radical (unpaired) electrons. The van der Waals surface area contributed by atoms with Crippen molar-refractivity contribution in [1.82, 2.24) is 10.2 Å². The number of hydrogen-bond acceptors (Lipinski definition) is 5. The summed E-state index contributed by atoms with van der Waals surface area (Å²) in [5, 5.41) is 2.56. The zero-order valence-electron chi connectivity index (χ0n) is 19.9. The zero-order valence-corrected chi connectivity index (χ0v) is 20.7. The molecule has 1 unspecified atom stereocenters. The van der Waals surface area contributed by atoms with E-state index in [2.05, 4.69) is 5.32 Å². The number of methoxy groups -OCH3 is 1. The van der Waals surface area contributed by atoms with Crippen LogP contribution < -0.4 is 14.4 Å². The van der Waals surface area contributed by atoms with E-state index in [9.17, 15) is 18.0 Å². The van der Waals surface area contributed by atoms with Crippen LogP contribution in [0.1, 0.15) is 12.5 Å². The van der Waals surface area contributed by atoms with Crippen molar-refractivity contribution in [2.75, 3.05) is 25.0 Å². The van der Waals surface area contributed by atoms with Crippen molar-refractivity contribution in [3.05, 3.63) is 90.5 Å². The summed E-state index contributed by atoms with van der Waals surface area (Å²) in [4.78, 5) is 27.5. The number of carbonyl (C=O) groups is 2. The Morgan fingerprint density at radius 1 is 0.943 bits per heavy atom. The maximum atomic E-state index is 13.6. The Hall–Kier alpha value is -3.85. The van der Waals surface area contributed by atoms with Crippen molar-refractivity contribution in [2.24, 2.45) is 0 Å². The van der Waals surface area contributed by atoms with Gasteiger partial charge in [0.25, 0.3) is 10.0 Å². The molecule has 2 amide bonds. The number of rotatable bonds is 10. The smallest absolute Gasteiger partial charge is 0.264 e. The fourth-order valence-electron chi connectivity index (χ4n) is 3.59. The van der Waals surface area contributed by atoms with Gasteiger partial charge in [0.1, 0.15) is 18.3 Å². The molecule has 0 heterocycles. The van der Waals surface area contributed by atoms with E-state index in [-0.39, 0.29) is 23.0 Å². The third-order valence-corrected chi connectivity index (χ3v) is 7.35. The average Bonchev–Trinajstić information content (AvgIpc) is 2.90. The van der Waals surface area contributed by atoms with Crippen molar-refractivity contribution in [3.63, 3.8) is 0 Å². The second-order valence-corrected chi connectivity index (χ2v) is 9.69. The highest BCUT2D eigenvalue weighted by Gasteiger charge is 2.32. The van der Waals surface area contributed by atoms with Crippen molar-refractivity contribution in [2.45, 2.75) is 24.4 Å². The van der Waals surface area contributed by atoms with Crippen LogP contribution >= 0.6 is 0 Å². The van der Waals surface area contributed by atoms with Gasteiger partial charge in [0.15, 0.2) is 0 Å². The number of carbonyl (C=O) groups excluding carboxylic acids is 2. The number of likely N-dealkylation sites (N-methyl/N-ethyl adjacent to an activating group) is 1. The van der Waals surface area contributed by atoms with Gasteiger partial charge in [-0.2, -0.15) is 0 Å². The Morgan fingerprint density at radius 3 is 2.17 bits per heavy atom. The highest BCUT2D eigenvalue weighted by molar-refractivity contribution is 7.92. The van der Waals surface area contributed by atoms with E-state index < -0.39 is 28.5 Å². The summed E-state index contributed by atoms with van der Waals surface area (Å²) in [7, 11) is -1.13. The van der Waals surface area contributed by atoms with Crippen molar-refractivity contribution < 1.29 is 22.7 Å². The largest absolute Gasteiger partial charge is 0.497 e. The molecular weight excluding hydrogens is 466 g/mol. The van der Waals surface area contributed by atoms with E-state index in [0.29, 0.717) is 5.75 Å². The van der Waals surface area contributed by atoms with Gasteiger partial charge in [-0.3, -0.25) is 13.9 Å². The molecule has 184 valence electrons. The van der Waals surface area contributed by atoms with E-state index in [1.54, 1.807) is 49.4 Å². The Labute approximate surface area is 206 Å². The van der Waals surface area contributed by atoms with Crippen LogP contribution in [0.15, 0.2) is 89.8 Å². The molecule has 0 fully saturated rings. The van der Waals surface area contributed by atoms with E-state index in [1.165, 1.54) is 31.2 Å². The molecule has 0 spiro atoms. The fraction of sp³-hybridized carbons (Fsp3) is 0.231. The van der Waals surface area contributed by atoms with Crippen LogP contribution in [-0.2, 0) is 26.2 Å². The van der Waals surface area contributed by atoms with Gasteiger partial charge >= 0.3 is 0 Å². The van der Waals surface area contributed by atoms with Crippen LogP contribution in [0.4, 0.5) is 5.69 Å². The minimum atomic E-state index is -4.10. The molecule has 0 bridgehead atoms. The third kappa shape index (κ3) is 6.19. The fourth-order valence-corrected chi connectivity index (χ4v) is 5.01. The van der Waals surface area contributed by atoms with Crippen LogP contribution in [0.5, 0.6) is 5.75 Å². The van der Waals surface area contributed by atoms with E-state index in [1.807, 2.05) is 30.3 Å². The summed E-state index contributed by atoms with van der Waals surface area (Å²) in [5.74, 6) is -0.427. The predicted octanol–water partition coefficient (Wildman–Crippen LogP) is 3.05. The summed E-state index contributed by atoms with van der Waals surface area (Å²) in [6, 6.07) is 22.8. The maximum absolute atomic E-state index is 13.6. The molecule has 0 aliphatic carbocycles. The highest BCUT2D eigenvalue weighted by atomic mass is 32.2. The Morgan fingerprint density at radius 2 is 1.57 bits per heavy atom. The van der Waals surface area contributed by atoms with Crippen molar-refractivity contribution in [1.29, 1.82) is 0 Å². The molecule has 3 aromatic rings. The van der Waals surface area contributed by atoms with E-state index >= 15 is 0 Å². The summed E-state index contributed by atoms with van der Waals surface area (Å²) < 4.78 is 33.6. The normalized spacial score (nSPS) is 11.9. The van der Waals surface area contributed by atoms with Gasteiger partial charge in [0, 0.05) is 19.7 Å². The third-order valence-electron chi connectivity index (χ3n) is 5.56. The number of nitrogens with one attached hydrogen (secondary N) is 1. The van der Waals surface area contributed by atoms with Crippen molar-refractivity contribution >= 4 is 27.5 Å². The Bertz CT molecular complexity index is 1250. The molecule has 9 heteroatoms. The lowest BCUT2D eigenvalue weighted by Crippen LogP contribution is -2.50. The van der Waals surface area contributed by atoms with Crippen LogP contribution in [0, 0.1) is 0 Å². The molecular formula is C26H29N3O5S. The molecule has 35 heavy (non-hydrogen) atoms. The van der Waals surface area contributed by atoms with Gasteiger partial charge in [0.2, 0.25) is 11.8 Å². The molecule has 8 nitrogen and oxygen atoms in total. The van der Waals surface area contributed by atoms with Crippen LogP contribution in [-0.4, -0.2) is 51.9 Å². The number of amides is 2. The standard InChI is InChI=1S/C26H29N3O5S/c1-20(26(31)27-2)28(18-21-11-6-4-7-12-21)25(30)19-29(22-13-10-14-23(17-22)34-3)35(32,33)24-15-8-5-9-16-24/h4-17,20H,18-19H2,1-3H3,(H,27,31). The predicted molar refractivity (Wildman–Crippen MR) is 134 cm³/mol. The molecule has 3 rings (SSSR count). The molecule has 0 saturated carbocycles. The Kier molecular flexibility index (Phi) is 8.48. The van der Waals surface area contributed by atoms with Crippen LogP contribution in [0.25, 0.3) is 0 Å². The molecule has 0 aromatic heterocycles. The summed E-state index contributed by atoms with van der Waals surface area (Å²) >= 11 is 0. The van der Waals surface area contributed by atoms with Gasteiger partial charge in [-0.05, 0) is 36.8 Å². The first kappa shape index (κ1) is 25.8. The van der Waals surface area contributed by atoms with Gasteiger partial charge < -0.3 is 15.0 Å². The summed E-state index contributed by atoms with van der Waals surface area (Å²) in [6.45, 7) is 1.26. The topological polar surface area (TPSA) is 96.0 Å². The number of sulfonamides is 1. The average molecular weight is 496 g/mol. The molecule has 0 saturated heterocycles. The lowest BCUT2D eigenvalue weighted by atomic mass is 10.1. The van der Waals surface area contributed by atoms with Gasteiger partial charge in [-0.15, -0.1) is 0 Å². The van der Waals surface area contributed by atoms with Gasteiger partial charge in [0.05, 0.1) is 17.7 Å². The molecule has 1 atom stereocenters. The number of hydrogen-bond donors (Lipinski definition) is 1. The highest BCUT2D eigenvalue weighted by Crippen LogP contribution is 2.27. The quantitative estimate of drug-likeness (QED) is 0.466. The summed E-state index contributed by atoms with van der Waals surface area (Å²) in [5.41, 5.74) is 1.09. The first-order valence-electron chi connectivity index (χ1n) is 11.0. The van der Waals surface area contributed by atoms with Gasteiger partial charge in [-0.1, -0.05) is 54.6 Å². The second-order valence-electron chi connectivity index (χ2n) is 7.82. The SMILES string of the molecule is CNC(=O)C(C)N(Cc1ccccc1)C(=O)CN(c1cccc(OC)c1)S(=O)(=O)c1ccccc1. The van der Waals surface area contributed by atoms with Crippen LogP contribution in [0.2, 0.25) is 0 Å². The molecule has 0 aliphatic heterocycles.